The molecule has 0 fully saturated rings. The van der Waals surface area contributed by atoms with Crippen LogP contribution in [-0.2, 0) is 4.79 Å². The maximum absolute atomic E-state index is 13.6. The first-order valence-corrected chi connectivity index (χ1v) is 8.31. The van der Waals surface area contributed by atoms with Gasteiger partial charge in [-0.1, -0.05) is 12.1 Å². The molecule has 2 heterocycles. The SMILES string of the molecule is N#CC1=C(S)NC(=O)[C@H]([n+]2ccccc2)C1c1ccc(F)c(Br)c1. The van der Waals surface area contributed by atoms with Gasteiger partial charge in [-0.15, -0.1) is 12.6 Å². The van der Waals surface area contributed by atoms with E-state index in [9.17, 15) is 14.4 Å². The number of aromatic nitrogens is 1. The van der Waals surface area contributed by atoms with E-state index in [1.807, 2.05) is 6.07 Å². The number of pyridine rings is 1. The van der Waals surface area contributed by atoms with Gasteiger partial charge in [0.2, 0.25) is 6.04 Å². The largest absolute Gasteiger partial charge is 0.314 e. The second-order valence-electron chi connectivity index (χ2n) is 5.28. The van der Waals surface area contributed by atoms with Crippen molar-refractivity contribution in [1.82, 2.24) is 5.32 Å². The van der Waals surface area contributed by atoms with E-state index in [0.717, 1.165) is 0 Å². The number of thiol groups is 1. The van der Waals surface area contributed by atoms with Gasteiger partial charge >= 0.3 is 0 Å². The van der Waals surface area contributed by atoms with Gasteiger partial charge < -0.3 is 5.32 Å². The van der Waals surface area contributed by atoms with E-state index in [1.54, 1.807) is 41.2 Å². The van der Waals surface area contributed by atoms with Crippen molar-refractivity contribution in [3.05, 3.63) is 75.2 Å². The molecule has 0 radical (unpaired) electrons. The molecule has 1 aliphatic heterocycles. The van der Waals surface area contributed by atoms with Gasteiger partial charge in [0.05, 0.1) is 27.1 Å². The Balaban J connectivity index is 2.21. The quantitative estimate of drug-likeness (QED) is 0.596. The molecule has 4 nitrogen and oxygen atoms in total. The van der Waals surface area contributed by atoms with Gasteiger partial charge in [0.15, 0.2) is 12.4 Å². The van der Waals surface area contributed by atoms with Crippen molar-refractivity contribution in [2.24, 2.45) is 0 Å². The molecule has 0 aliphatic carbocycles. The Labute approximate surface area is 152 Å². The summed E-state index contributed by atoms with van der Waals surface area (Å²) in [6, 6.07) is 11.4. The summed E-state index contributed by atoms with van der Waals surface area (Å²) in [4.78, 5) is 12.6. The topological polar surface area (TPSA) is 56.8 Å². The first-order valence-electron chi connectivity index (χ1n) is 7.07. The van der Waals surface area contributed by atoms with Crippen molar-refractivity contribution in [3.8, 4) is 6.07 Å². The second-order valence-corrected chi connectivity index (χ2v) is 6.58. The molecule has 7 heteroatoms. The highest BCUT2D eigenvalue weighted by atomic mass is 79.9. The molecule has 1 aliphatic rings. The minimum atomic E-state index is -0.672. The number of nitrogens with one attached hydrogen (secondary N) is 1. The Morgan fingerprint density at radius 2 is 2.00 bits per heavy atom. The van der Waals surface area contributed by atoms with Crippen LogP contribution >= 0.6 is 28.6 Å². The minimum Gasteiger partial charge on any atom is -0.314 e. The van der Waals surface area contributed by atoms with Gasteiger partial charge in [-0.05, 0) is 33.6 Å². The predicted octanol–water partition coefficient (Wildman–Crippen LogP) is 3.00. The van der Waals surface area contributed by atoms with Crippen LogP contribution in [0.5, 0.6) is 0 Å². The lowest BCUT2D eigenvalue weighted by molar-refractivity contribution is -0.711. The molecule has 0 saturated heterocycles. The third-order valence-corrected chi connectivity index (χ3v) is 4.84. The number of hydrogen-bond acceptors (Lipinski definition) is 3. The van der Waals surface area contributed by atoms with Crippen molar-refractivity contribution in [1.29, 1.82) is 5.26 Å². The first-order chi connectivity index (χ1) is 11.5. The van der Waals surface area contributed by atoms with Crippen molar-refractivity contribution in [2.75, 3.05) is 0 Å². The summed E-state index contributed by atoms with van der Waals surface area (Å²) in [7, 11) is 0. The molecule has 120 valence electrons. The molecule has 0 saturated carbocycles. The van der Waals surface area contributed by atoms with E-state index in [4.69, 9.17) is 0 Å². The fourth-order valence-electron chi connectivity index (χ4n) is 2.80. The van der Waals surface area contributed by atoms with E-state index < -0.39 is 17.8 Å². The number of rotatable bonds is 2. The number of benzene rings is 1. The first kappa shape index (κ1) is 16.7. The number of carbonyl (C=O) groups is 1. The Morgan fingerprint density at radius 1 is 1.29 bits per heavy atom. The van der Waals surface area contributed by atoms with E-state index >= 15 is 0 Å². The lowest BCUT2D eigenvalue weighted by Gasteiger charge is -2.28. The van der Waals surface area contributed by atoms with E-state index in [0.29, 0.717) is 11.1 Å². The zero-order chi connectivity index (χ0) is 17.3. The summed E-state index contributed by atoms with van der Waals surface area (Å²) in [5.74, 6) is -1.25. The fourth-order valence-corrected chi connectivity index (χ4v) is 3.49. The lowest BCUT2D eigenvalue weighted by atomic mass is 9.83. The maximum atomic E-state index is 13.6. The Hall–Kier alpha value is -2.17. The number of allylic oxidation sites excluding steroid dienone is 1. The van der Waals surface area contributed by atoms with Gasteiger partial charge in [0.1, 0.15) is 5.82 Å². The normalized spacial score (nSPS) is 20.5. The average Bonchev–Trinajstić information content (AvgIpc) is 2.57. The van der Waals surface area contributed by atoms with Crippen LogP contribution in [0.25, 0.3) is 0 Å². The number of carbonyl (C=O) groups excluding carboxylic acids is 1. The molecule has 3 rings (SSSR count). The van der Waals surface area contributed by atoms with Crippen LogP contribution in [0, 0.1) is 17.1 Å². The Kier molecular flexibility index (Phi) is 4.69. The molecule has 1 aromatic carbocycles. The van der Waals surface area contributed by atoms with Crippen LogP contribution < -0.4 is 9.88 Å². The summed E-state index contributed by atoms with van der Waals surface area (Å²) in [6.45, 7) is 0. The monoisotopic (exact) mass is 404 g/mol. The molecule has 1 N–H and O–H groups in total. The van der Waals surface area contributed by atoms with Gasteiger partial charge in [-0.25, -0.2) is 4.39 Å². The molecule has 24 heavy (non-hydrogen) atoms. The highest BCUT2D eigenvalue weighted by Gasteiger charge is 2.44. The van der Waals surface area contributed by atoms with Gasteiger partial charge in [0.25, 0.3) is 5.91 Å². The lowest BCUT2D eigenvalue weighted by Crippen LogP contribution is -2.53. The fraction of sp³-hybridized carbons (Fsp3) is 0.118. The predicted molar refractivity (Wildman–Crippen MR) is 92.3 cm³/mol. The van der Waals surface area contributed by atoms with Crippen LogP contribution in [-0.4, -0.2) is 5.91 Å². The standard InChI is InChI=1S/C17H11BrFN3OS/c18-12-8-10(4-5-13(12)19)14-11(9-20)17(24)21-16(23)15(14)22-6-2-1-3-7-22/h1-8,14-15H,(H-,21,23,24)/p+1/t14?,15-/m1/s1. The average molecular weight is 405 g/mol. The summed E-state index contributed by atoms with van der Waals surface area (Å²) in [6.07, 6.45) is 3.52. The van der Waals surface area contributed by atoms with Crippen molar-refractivity contribution < 1.29 is 13.8 Å². The molecular weight excluding hydrogens is 393 g/mol. The molecule has 1 amide bonds. The Morgan fingerprint density at radius 3 is 2.62 bits per heavy atom. The van der Waals surface area contributed by atoms with E-state index in [1.165, 1.54) is 6.07 Å². The van der Waals surface area contributed by atoms with Crippen LogP contribution in [0.2, 0.25) is 0 Å². The van der Waals surface area contributed by atoms with Crippen LogP contribution in [0.4, 0.5) is 4.39 Å². The van der Waals surface area contributed by atoms with Gasteiger partial charge in [-0.2, -0.15) is 9.83 Å². The number of amides is 1. The molecule has 1 aromatic heterocycles. The Bertz CT molecular complexity index is 879. The van der Waals surface area contributed by atoms with Gasteiger partial charge in [0, 0.05) is 12.1 Å². The van der Waals surface area contributed by atoms with Crippen molar-refractivity contribution in [3.63, 3.8) is 0 Å². The minimum absolute atomic E-state index is 0.223. The molecule has 2 aromatic rings. The summed E-state index contributed by atoms with van der Waals surface area (Å²) in [5, 5.41) is 12.4. The number of hydrogen-bond donors (Lipinski definition) is 2. The maximum Gasteiger partial charge on any atom is 0.294 e. The zero-order valence-electron chi connectivity index (χ0n) is 12.3. The molecule has 0 spiro atoms. The van der Waals surface area contributed by atoms with Crippen LogP contribution in [0.15, 0.2) is 63.9 Å². The third kappa shape index (κ3) is 2.95. The number of nitriles is 1. The van der Waals surface area contributed by atoms with Crippen molar-refractivity contribution in [2.45, 2.75) is 12.0 Å². The molecular formula is C17H12BrFN3OS+. The third-order valence-electron chi connectivity index (χ3n) is 3.88. The second kappa shape index (κ2) is 6.75. The zero-order valence-corrected chi connectivity index (χ0v) is 14.8. The summed E-state index contributed by atoms with van der Waals surface area (Å²) in [5.41, 5.74) is 0.986. The van der Waals surface area contributed by atoms with Crippen molar-refractivity contribution >= 4 is 34.5 Å². The number of nitrogens with zero attached hydrogens (tertiary/aromatic N) is 2. The summed E-state index contributed by atoms with van der Waals surface area (Å²) < 4.78 is 15.6. The highest BCUT2D eigenvalue weighted by Crippen LogP contribution is 2.38. The van der Waals surface area contributed by atoms with Crippen LogP contribution in [0.1, 0.15) is 17.5 Å². The summed E-state index contributed by atoms with van der Waals surface area (Å²) >= 11 is 7.40. The van der Waals surface area contributed by atoms with E-state index in [2.05, 4.69) is 39.9 Å². The number of halogens is 2. The molecule has 0 bridgehead atoms. The highest BCUT2D eigenvalue weighted by molar-refractivity contribution is 9.10. The van der Waals surface area contributed by atoms with Gasteiger partial charge in [-0.3, -0.25) is 4.79 Å². The van der Waals surface area contributed by atoms with E-state index in [-0.39, 0.29) is 15.4 Å². The smallest absolute Gasteiger partial charge is 0.294 e. The molecule has 1 unspecified atom stereocenters. The molecule has 2 atom stereocenters. The van der Waals surface area contributed by atoms with Crippen LogP contribution in [0.3, 0.4) is 0 Å².